The van der Waals surface area contributed by atoms with Crippen LogP contribution in [0.25, 0.3) is 0 Å². The van der Waals surface area contributed by atoms with Crippen LogP contribution in [0.5, 0.6) is 0 Å². The van der Waals surface area contributed by atoms with E-state index in [0.29, 0.717) is 6.54 Å². The van der Waals surface area contributed by atoms with Gasteiger partial charge < -0.3 is 5.32 Å². The third kappa shape index (κ3) is 4.45. The number of nitrogens with one attached hydrogen (secondary N) is 1. The molecule has 4 nitrogen and oxygen atoms in total. The van der Waals surface area contributed by atoms with Crippen molar-refractivity contribution in [2.24, 2.45) is 0 Å². The second kappa shape index (κ2) is 7.04. The van der Waals surface area contributed by atoms with Crippen molar-refractivity contribution >= 4 is 27.3 Å². The third-order valence-electron chi connectivity index (χ3n) is 2.83. The Bertz CT molecular complexity index is 589. The molecule has 0 fully saturated rings. The summed E-state index contributed by atoms with van der Waals surface area (Å²) in [5.41, 5.74) is 0.281. The van der Waals surface area contributed by atoms with Gasteiger partial charge in [-0.15, -0.1) is 0 Å². The Labute approximate surface area is 123 Å². The second-order valence-corrected chi connectivity index (χ2v) is 7.20. The average molecular weight is 322 g/mol. The topological polar surface area (TPSA) is 63.2 Å². The van der Waals surface area contributed by atoms with Crippen LogP contribution in [0.1, 0.15) is 25.8 Å². The summed E-state index contributed by atoms with van der Waals surface area (Å²) in [6.45, 7) is 3.63. The predicted molar refractivity (Wildman–Crippen MR) is 76.8 cm³/mol. The molecule has 0 aliphatic heterocycles. The van der Waals surface area contributed by atoms with Gasteiger partial charge in [0.15, 0.2) is 9.84 Å². The first-order valence-corrected chi connectivity index (χ1v) is 8.30. The molecule has 1 N–H and O–H groups in total. The van der Waals surface area contributed by atoms with E-state index in [4.69, 9.17) is 11.6 Å². The normalized spacial score (nSPS) is 13.0. The lowest BCUT2D eigenvalue weighted by Gasteiger charge is -2.13. The van der Waals surface area contributed by atoms with Crippen molar-refractivity contribution in [3.63, 3.8) is 0 Å². The van der Waals surface area contributed by atoms with Gasteiger partial charge in [-0.25, -0.2) is 12.8 Å². The van der Waals surface area contributed by atoms with Crippen molar-refractivity contribution in [2.75, 3.05) is 6.54 Å². The van der Waals surface area contributed by atoms with Crippen LogP contribution in [0.4, 0.5) is 4.39 Å². The monoisotopic (exact) mass is 321 g/mol. The smallest absolute Gasteiger partial charge is 0.238 e. The zero-order valence-electron chi connectivity index (χ0n) is 11.3. The van der Waals surface area contributed by atoms with E-state index in [1.807, 2.05) is 6.92 Å². The first-order valence-electron chi connectivity index (χ1n) is 6.21. The second-order valence-electron chi connectivity index (χ2n) is 4.48. The lowest BCUT2D eigenvalue weighted by molar-refractivity contribution is -0.120. The summed E-state index contributed by atoms with van der Waals surface area (Å²) in [7, 11) is -3.70. The van der Waals surface area contributed by atoms with Crippen molar-refractivity contribution < 1.29 is 17.6 Å². The largest absolute Gasteiger partial charge is 0.355 e. The Morgan fingerprint density at radius 1 is 1.45 bits per heavy atom. The minimum atomic E-state index is -3.70. The van der Waals surface area contributed by atoms with Gasteiger partial charge in [-0.05, 0) is 31.0 Å². The van der Waals surface area contributed by atoms with E-state index < -0.39 is 32.6 Å². The third-order valence-corrected chi connectivity index (χ3v) is 5.19. The fraction of sp³-hybridized carbons (Fsp3) is 0.462. The quantitative estimate of drug-likeness (QED) is 0.874. The molecule has 0 spiro atoms. The Morgan fingerprint density at radius 3 is 2.65 bits per heavy atom. The average Bonchev–Trinajstić information content (AvgIpc) is 2.38. The van der Waals surface area contributed by atoms with Crippen LogP contribution < -0.4 is 5.32 Å². The number of amides is 1. The molecular formula is C13H17ClFNO3S. The van der Waals surface area contributed by atoms with Gasteiger partial charge in [0.1, 0.15) is 11.1 Å². The van der Waals surface area contributed by atoms with E-state index in [1.165, 1.54) is 13.0 Å². The molecule has 0 saturated carbocycles. The van der Waals surface area contributed by atoms with Gasteiger partial charge in [-0.3, -0.25) is 4.79 Å². The van der Waals surface area contributed by atoms with Gasteiger partial charge in [0, 0.05) is 11.6 Å². The number of halogens is 2. The van der Waals surface area contributed by atoms with E-state index in [9.17, 15) is 17.6 Å². The standard InChI is InChI=1S/C13H17ClFNO3S/c1-3-6-16-13(17)9(2)20(18,19)8-10-4-5-11(15)7-12(10)14/h4-5,7,9H,3,6,8H2,1-2H3,(H,16,17). The van der Waals surface area contributed by atoms with Crippen molar-refractivity contribution in [3.8, 4) is 0 Å². The van der Waals surface area contributed by atoms with Gasteiger partial charge in [0.25, 0.3) is 0 Å². The molecule has 20 heavy (non-hydrogen) atoms. The van der Waals surface area contributed by atoms with Crippen LogP contribution in [0, 0.1) is 5.82 Å². The van der Waals surface area contributed by atoms with Crippen LogP contribution in [0.15, 0.2) is 18.2 Å². The Balaban J connectivity index is 2.86. The van der Waals surface area contributed by atoms with Crippen LogP contribution in [0.2, 0.25) is 5.02 Å². The summed E-state index contributed by atoms with van der Waals surface area (Å²) in [4.78, 5) is 11.7. The molecule has 112 valence electrons. The molecule has 0 heterocycles. The van der Waals surface area contributed by atoms with E-state index in [1.54, 1.807) is 0 Å². The Kier molecular flexibility index (Phi) is 5.95. The van der Waals surface area contributed by atoms with Crippen molar-refractivity contribution in [3.05, 3.63) is 34.6 Å². The maximum atomic E-state index is 12.9. The van der Waals surface area contributed by atoms with Crippen LogP contribution in [0.3, 0.4) is 0 Å². The Hall–Kier alpha value is -1.14. The first-order chi connectivity index (χ1) is 9.27. The molecule has 1 rings (SSSR count). The van der Waals surface area contributed by atoms with Gasteiger partial charge in [0.2, 0.25) is 5.91 Å². The molecule has 1 aromatic carbocycles. The maximum absolute atomic E-state index is 12.9. The van der Waals surface area contributed by atoms with E-state index in [2.05, 4.69) is 5.32 Å². The van der Waals surface area contributed by atoms with Gasteiger partial charge in [-0.1, -0.05) is 24.6 Å². The first kappa shape index (κ1) is 16.9. The number of sulfone groups is 1. The Morgan fingerprint density at radius 2 is 2.10 bits per heavy atom. The van der Waals surface area contributed by atoms with Gasteiger partial charge in [-0.2, -0.15) is 0 Å². The van der Waals surface area contributed by atoms with E-state index in [-0.39, 0.29) is 10.6 Å². The van der Waals surface area contributed by atoms with Gasteiger partial charge in [0.05, 0.1) is 5.75 Å². The van der Waals surface area contributed by atoms with Crippen molar-refractivity contribution in [1.29, 1.82) is 0 Å². The molecule has 7 heteroatoms. The summed E-state index contributed by atoms with van der Waals surface area (Å²) in [6, 6.07) is 3.50. The fourth-order valence-corrected chi connectivity index (χ4v) is 3.19. The molecule has 0 aliphatic carbocycles. The molecule has 1 aromatic rings. The highest BCUT2D eigenvalue weighted by Crippen LogP contribution is 2.21. The zero-order valence-corrected chi connectivity index (χ0v) is 12.9. The zero-order chi connectivity index (χ0) is 15.3. The lowest BCUT2D eigenvalue weighted by Crippen LogP contribution is -2.38. The molecule has 0 bridgehead atoms. The lowest BCUT2D eigenvalue weighted by atomic mass is 10.2. The van der Waals surface area contributed by atoms with E-state index in [0.717, 1.165) is 18.6 Å². The summed E-state index contributed by atoms with van der Waals surface area (Å²) in [6.07, 6.45) is 0.725. The summed E-state index contributed by atoms with van der Waals surface area (Å²) in [5, 5.41) is 1.40. The summed E-state index contributed by atoms with van der Waals surface area (Å²) >= 11 is 5.80. The molecule has 0 radical (unpaired) electrons. The highest BCUT2D eigenvalue weighted by atomic mass is 35.5. The number of carbonyl (C=O) groups excluding carboxylic acids is 1. The molecule has 1 atom stereocenters. The van der Waals surface area contributed by atoms with E-state index >= 15 is 0 Å². The minimum Gasteiger partial charge on any atom is -0.355 e. The predicted octanol–water partition coefficient (Wildman–Crippen LogP) is 2.31. The summed E-state index contributed by atoms with van der Waals surface area (Å²) in [5.74, 6) is -1.47. The molecular weight excluding hydrogens is 305 g/mol. The van der Waals surface area contributed by atoms with Crippen LogP contribution in [-0.2, 0) is 20.4 Å². The SMILES string of the molecule is CCCNC(=O)C(C)S(=O)(=O)Cc1ccc(F)cc1Cl. The number of hydrogen-bond donors (Lipinski definition) is 1. The van der Waals surface area contributed by atoms with Crippen LogP contribution >= 0.6 is 11.6 Å². The molecule has 0 saturated heterocycles. The molecule has 0 aromatic heterocycles. The number of benzene rings is 1. The molecule has 1 unspecified atom stereocenters. The summed E-state index contributed by atoms with van der Waals surface area (Å²) < 4.78 is 37.2. The van der Waals surface area contributed by atoms with Crippen LogP contribution in [-0.4, -0.2) is 26.1 Å². The molecule has 1 amide bonds. The minimum absolute atomic E-state index is 0.0368. The molecule has 0 aliphatic rings. The fourth-order valence-electron chi connectivity index (χ4n) is 1.54. The van der Waals surface area contributed by atoms with Gasteiger partial charge >= 0.3 is 0 Å². The highest BCUT2D eigenvalue weighted by molar-refractivity contribution is 7.92. The number of hydrogen-bond acceptors (Lipinski definition) is 3. The van der Waals surface area contributed by atoms with Crippen molar-refractivity contribution in [2.45, 2.75) is 31.3 Å². The van der Waals surface area contributed by atoms with Crippen molar-refractivity contribution in [1.82, 2.24) is 5.32 Å². The maximum Gasteiger partial charge on any atom is 0.238 e. The number of rotatable bonds is 6. The number of carbonyl (C=O) groups is 1. The highest BCUT2D eigenvalue weighted by Gasteiger charge is 2.28.